The lowest BCUT2D eigenvalue weighted by molar-refractivity contribution is -0.127. The Balaban J connectivity index is 1.15. The van der Waals surface area contributed by atoms with Gasteiger partial charge in [0.05, 0.1) is 5.92 Å². The molecule has 5 rings (SSSR count). The van der Waals surface area contributed by atoms with E-state index in [2.05, 4.69) is 44.6 Å². The number of amides is 2. The number of carbonyl (C=O) groups is 2. The molecule has 3 heterocycles. The molecule has 1 aromatic heterocycles. The van der Waals surface area contributed by atoms with Gasteiger partial charge < -0.3 is 14.7 Å². The van der Waals surface area contributed by atoms with Crippen molar-refractivity contribution in [2.75, 3.05) is 24.5 Å². The fourth-order valence-electron chi connectivity index (χ4n) is 4.76. The zero-order valence-corrected chi connectivity index (χ0v) is 19.3. The number of hydrogen-bond acceptors (Lipinski definition) is 6. The van der Waals surface area contributed by atoms with Gasteiger partial charge in [-0.15, -0.1) is 0 Å². The van der Waals surface area contributed by atoms with Crippen LogP contribution < -0.4 is 10.2 Å². The van der Waals surface area contributed by atoms with Crippen LogP contribution in [0.1, 0.15) is 30.7 Å². The molecule has 3 aromatic rings. The van der Waals surface area contributed by atoms with Crippen molar-refractivity contribution in [3.63, 3.8) is 0 Å². The molecule has 0 saturated carbocycles. The van der Waals surface area contributed by atoms with E-state index in [-0.39, 0.29) is 30.2 Å². The Hall–Kier alpha value is -3.52. The molecule has 1 atom stereocenters. The van der Waals surface area contributed by atoms with Crippen molar-refractivity contribution in [2.24, 2.45) is 5.92 Å². The minimum absolute atomic E-state index is 0.0256. The van der Waals surface area contributed by atoms with E-state index in [0.717, 1.165) is 43.7 Å². The third-order valence-electron chi connectivity index (χ3n) is 6.62. The van der Waals surface area contributed by atoms with Gasteiger partial charge in [0.25, 0.3) is 0 Å². The Kier molecular flexibility index (Phi) is 6.40. The predicted octanol–water partition coefficient (Wildman–Crippen LogP) is 3.18. The zero-order chi connectivity index (χ0) is 23.5. The third-order valence-corrected chi connectivity index (χ3v) is 6.62. The maximum Gasteiger partial charge on any atom is 0.227 e. The van der Waals surface area contributed by atoms with E-state index in [1.165, 1.54) is 5.56 Å². The van der Waals surface area contributed by atoms with Crippen molar-refractivity contribution in [3.8, 4) is 11.4 Å². The lowest BCUT2D eigenvalue weighted by Gasteiger charge is -2.32. The molecule has 2 aliphatic rings. The van der Waals surface area contributed by atoms with E-state index < -0.39 is 0 Å². The number of anilines is 1. The van der Waals surface area contributed by atoms with Crippen LogP contribution in [0, 0.1) is 12.8 Å². The molecular formula is C26H29N5O3. The summed E-state index contributed by atoms with van der Waals surface area (Å²) in [6.45, 7) is 4.97. The first kappa shape index (κ1) is 22.3. The van der Waals surface area contributed by atoms with Crippen molar-refractivity contribution in [1.29, 1.82) is 0 Å². The molecule has 1 unspecified atom stereocenters. The molecule has 2 aliphatic heterocycles. The van der Waals surface area contributed by atoms with Gasteiger partial charge in [0.1, 0.15) is 0 Å². The highest BCUT2D eigenvalue weighted by atomic mass is 16.5. The van der Waals surface area contributed by atoms with Crippen LogP contribution in [0.15, 0.2) is 59.1 Å². The molecule has 176 valence electrons. The lowest BCUT2D eigenvalue weighted by Crippen LogP contribution is -2.46. The lowest BCUT2D eigenvalue weighted by atomic mass is 10.0. The topological polar surface area (TPSA) is 91.6 Å². The maximum absolute atomic E-state index is 13.0. The number of hydrogen-bond donors (Lipinski definition) is 1. The molecule has 34 heavy (non-hydrogen) atoms. The predicted molar refractivity (Wildman–Crippen MR) is 128 cm³/mol. The van der Waals surface area contributed by atoms with Crippen LogP contribution in [0.25, 0.3) is 11.4 Å². The summed E-state index contributed by atoms with van der Waals surface area (Å²) in [6.07, 6.45) is 2.08. The number of aryl methyl sites for hydroxylation is 1. The highest BCUT2D eigenvalue weighted by molar-refractivity contribution is 6.00. The van der Waals surface area contributed by atoms with E-state index in [1.54, 1.807) is 11.8 Å². The number of likely N-dealkylation sites (tertiary alicyclic amines) is 1. The Morgan fingerprint density at radius 2 is 1.91 bits per heavy atom. The van der Waals surface area contributed by atoms with Crippen LogP contribution in [0.3, 0.4) is 0 Å². The number of benzene rings is 2. The summed E-state index contributed by atoms with van der Waals surface area (Å²) < 4.78 is 5.06. The molecule has 1 N–H and O–H groups in total. The summed E-state index contributed by atoms with van der Waals surface area (Å²) in [4.78, 5) is 34.1. The van der Waals surface area contributed by atoms with Crippen molar-refractivity contribution in [2.45, 2.75) is 38.8 Å². The van der Waals surface area contributed by atoms with Crippen molar-refractivity contribution in [1.82, 2.24) is 20.4 Å². The molecular weight excluding hydrogens is 430 g/mol. The van der Waals surface area contributed by atoms with Crippen molar-refractivity contribution >= 4 is 17.5 Å². The van der Waals surface area contributed by atoms with E-state index in [4.69, 9.17) is 4.52 Å². The summed E-state index contributed by atoms with van der Waals surface area (Å²) in [5, 5.41) is 7.15. The number of carbonyl (C=O) groups excluding carboxylic acids is 2. The Morgan fingerprint density at radius 1 is 1.12 bits per heavy atom. The van der Waals surface area contributed by atoms with Gasteiger partial charge in [-0.3, -0.25) is 14.5 Å². The fourth-order valence-corrected chi connectivity index (χ4v) is 4.76. The van der Waals surface area contributed by atoms with Gasteiger partial charge in [0.2, 0.25) is 23.5 Å². The second-order valence-corrected chi connectivity index (χ2v) is 9.14. The molecule has 0 radical (unpaired) electrons. The molecule has 2 saturated heterocycles. The molecule has 0 bridgehead atoms. The first-order valence-corrected chi connectivity index (χ1v) is 11.8. The average Bonchev–Trinajstić information content (AvgIpc) is 3.47. The van der Waals surface area contributed by atoms with Crippen molar-refractivity contribution in [3.05, 3.63) is 66.1 Å². The summed E-state index contributed by atoms with van der Waals surface area (Å²) in [7, 11) is 0. The number of piperidine rings is 1. The van der Waals surface area contributed by atoms with Crippen LogP contribution in [-0.2, 0) is 16.1 Å². The Bertz CT molecular complexity index is 1150. The molecule has 8 heteroatoms. The van der Waals surface area contributed by atoms with Crippen LogP contribution in [0.5, 0.6) is 0 Å². The van der Waals surface area contributed by atoms with Crippen molar-refractivity contribution < 1.29 is 14.1 Å². The van der Waals surface area contributed by atoms with Gasteiger partial charge in [-0.25, -0.2) is 0 Å². The van der Waals surface area contributed by atoms with Gasteiger partial charge in [-0.2, -0.15) is 4.98 Å². The summed E-state index contributed by atoms with van der Waals surface area (Å²) in [5.41, 5.74) is 2.83. The van der Waals surface area contributed by atoms with Gasteiger partial charge in [-0.05, 0) is 30.5 Å². The van der Waals surface area contributed by atoms with Gasteiger partial charge in [-0.1, -0.05) is 47.6 Å². The molecule has 0 aliphatic carbocycles. The molecule has 8 nitrogen and oxygen atoms in total. The number of rotatable bonds is 6. The second-order valence-electron chi connectivity index (χ2n) is 9.14. The first-order valence-electron chi connectivity index (χ1n) is 11.8. The van der Waals surface area contributed by atoms with Crippen LogP contribution in [0.2, 0.25) is 0 Å². The Labute approximate surface area is 198 Å². The minimum atomic E-state index is -0.342. The second kappa shape index (κ2) is 9.77. The van der Waals surface area contributed by atoms with E-state index >= 15 is 0 Å². The van der Waals surface area contributed by atoms with Gasteiger partial charge >= 0.3 is 0 Å². The van der Waals surface area contributed by atoms with Crippen LogP contribution >= 0.6 is 0 Å². The highest BCUT2D eigenvalue weighted by Crippen LogP contribution is 2.29. The van der Waals surface area contributed by atoms with Crippen LogP contribution in [-0.4, -0.2) is 52.5 Å². The SMILES string of the molecule is Cc1nc(-c2cccc(N3CC(C(=O)NC4CCN(Cc5ccccc5)CC4)CC3=O)c2)no1. The third kappa shape index (κ3) is 5.02. The molecule has 0 spiro atoms. The zero-order valence-electron chi connectivity index (χ0n) is 19.3. The Morgan fingerprint density at radius 3 is 2.65 bits per heavy atom. The van der Waals surface area contributed by atoms with Gasteiger partial charge in [0.15, 0.2) is 0 Å². The summed E-state index contributed by atoms with van der Waals surface area (Å²) >= 11 is 0. The monoisotopic (exact) mass is 459 g/mol. The van der Waals surface area contributed by atoms with Crippen LogP contribution in [0.4, 0.5) is 5.69 Å². The van der Waals surface area contributed by atoms with E-state index in [0.29, 0.717) is 18.3 Å². The minimum Gasteiger partial charge on any atom is -0.353 e. The van der Waals surface area contributed by atoms with Gasteiger partial charge in [0, 0.05) is 56.8 Å². The molecule has 2 amide bonds. The summed E-state index contributed by atoms with van der Waals surface area (Å²) in [5.74, 6) is 0.562. The first-order chi connectivity index (χ1) is 16.5. The normalized spacial score (nSPS) is 19.5. The molecule has 2 aromatic carbocycles. The number of nitrogens with zero attached hydrogens (tertiary/aromatic N) is 4. The standard InChI is InChI=1S/C26H29N5O3/c1-18-27-25(29-34-18)20-8-5-9-23(14-20)31-17-21(15-24(31)32)26(33)28-22-10-12-30(13-11-22)16-19-6-3-2-4-7-19/h2-9,14,21-22H,10-13,15-17H2,1H3,(H,28,33). The smallest absolute Gasteiger partial charge is 0.227 e. The maximum atomic E-state index is 13.0. The number of aromatic nitrogens is 2. The fraction of sp³-hybridized carbons (Fsp3) is 0.385. The highest BCUT2D eigenvalue weighted by Gasteiger charge is 2.36. The quantitative estimate of drug-likeness (QED) is 0.609. The average molecular weight is 460 g/mol. The van der Waals surface area contributed by atoms with E-state index in [9.17, 15) is 9.59 Å². The largest absolute Gasteiger partial charge is 0.353 e. The van der Waals surface area contributed by atoms with E-state index in [1.807, 2.05) is 30.3 Å². The summed E-state index contributed by atoms with van der Waals surface area (Å²) in [6, 6.07) is 18.1. The molecule has 2 fully saturated rings. The number of nitrogens with one attached hydrogen (secondary N) is 1.